The van der Waals surface area contributed by atoms with Crippen LogP contribution in [-0.2, 0) is 10.0 Å². The van der Waals surface area contributed by atoms with Crippen molar-refractivity contribution in [3.8, 4) is 0 Å². The van der Waals surface area contributed by atoms with Crippen LogP contribution in [0, 0.1) is 6.92 Å². The van der Waals surface area contributed by atoms with Crippen LogP contribution >= 0.6 is 39.7 Å². The summed E-state index contributed by atoms with van der Waals surface area (Å²) in [6, 6.07) is 1.47. The summed E-state index contributed by atoms with van der Waals surface area (Å²) in [7, 11) is -1.86. The highest BCUT2D eigenvalue weighted by Crippen LogP contribution is 2.32. The highest BCUT2D eigenvalue weighted by atomic mass is 79.9. The van der Waals surface area contributed by atoms with E-state index < -0.39 is 10.0 Å². The highest BCUT2D eigenvalue weighted by Gasteiger charge is 2.26. The van der Waals surface area contributed by atoms with Gasteiger partial charge in [-0.3, -0.25) is 0 Å². The Kier molecular flexibility index (Phi) is 6.62. The average molecular weight is 364 g/mol. The second-order valence-corrected chi connectivity index (χ2v) is 8.22. The first-order valence-corrected chi connectivity index (χ1v) is 7.79. The third-order valence-corrected chi connectivity index (χ3v) is 6.99. The van der Waals surface area contributed by atoms with E-state index in [0.29, 0.717) is 10.8 Å². The molecule has 0 spiro atoms. The molecule has 0 aromatic carbocycles. The van der Waals surface area contributed by atoms with Crippen molar-refractivity contribution in [2.75, 3.05) is 13.6 Å². The Morgan fingerprint density at radius 3 is 2.47 bits per heavy atom. The Labute approximate surface area is 121 Å². The zero-order valence-electron chi connectivity index (χ0n) is 9.81. The van der Waals surface area contributed by atoms with E-state index in [0.717, 1.165) is 9.35 Å². The fourth-order valence-corrected chi connectivity index (χ4v) is 4.87. The van der Waals surface area contributed by atoms with Gasteiger partial charge in [-0.05, 0) is 41.4 Å². The lowest BCUT2D eigenvalue weighted by molar-refractivity contribution is 0.395. The van der Waals surface area contributed by atoms with E-state index in [1.165, 1.54) is 15.6 Å². The van der Waals surface area contributed by atoms with E-state index in [2.05, 4.69) is 15.9 Å². The molecule has 0 saturated heterocycles. The molecule has 1 heterocycles. The van der Waals surface area contributed by atoms with E-state index >= 15 is 0 Å². The molecule has 1 aromatic rings. The molecule has 0 radical (unpaired) electrons. The molecule has 0 amide bonds. The zero-order valence-corrected chi connectivity index (χ0v) is 13.8. The quantitative estimate of drug-likeness (QED) is 0.892. The van der Waals surface area contributed by atoms with Crippen molar-refractivity contribution < 1.29 is 8.42 Å². The number of thiophene rings is 1. The lowest BCUT2D eigenvalue weighted by Gasteiger charge is -2.21. The Bertz CT molecular complexity index is 456. The molecule has 0 bridgehead atoms. The van der Waals surface area contributed by atoms with Gasteiger partial charge in [0.15, 0.2) is 0 Å². The average Bonchev–Trinajstić information content (AvgIpc) is 2.57. The fraction of sp³-hybridized carbons (Fsp3) is 0.556. The standard InChI is InChI=1S/C9H15BrN2O2S2.ClH/c1-6-4-8(15-9(6)10)16(13,14)12(3)7(2)5-11;/h4,7H,5,11H2,1-3H3;1H. The minimum Gasteiger partial charge on any atom is -0.329 e. The van der Waals surface area contributed by atoms with Crippen LogP contribution in [-0.4, -0.2) is 32.4 Å². The molecular formula is C9H16BrClN2O2S2. The van der Waals surface area contributed by atoms with Crippen molar-refractivity contribution in [1.29, 1.82) is 0 Å². The topological polar surface area (TPSA) is 63.4 Å². The number of aryl methyl sites for hydroxylation is 1. The van der Waals surface area contributed by atoms with Crippen molar-refractivity contribution in [1.82, 2.24) is 4.31 Å². The first kappa shape index (κ1) is 17.3. The van der Waals surface area contributed by atoms with Gasteiger partial charge in [-0.1, -0.05) is 0 Å². The predicted molar refractivity (Wildman–Crippen MR) is 77.5 cm³/mol. The van der Waals surface area contributed by atoms with Crippen LogP contribution in [0.15, 0.2) is 14.1 Å². The summed E-state index contributed by atoms with van der Waals surface area (Å²) in [6.07, 6.45) is 0. The number of rotatable bonds is 4. The van der Waals surface area contributed by atoms with Gasteiger partial charge in [0.1, 0.15) is 4.21 Å². The van der Waals surface area contributed by atoms with Crippen molar-refractivity contribution in [3.63, 3.8) is 0 Å². The molecule has 8 heteroatoms. The molecule has 1 aromatic heterocycles. The van der Waals surface area contributed by atoms with Gasteiger partial charge in [-0.25, -0.2) is 8.42 Å². The molecule has 1 atom stereocenters. The van der Waals surface area contributed by atoms with Gasteiger partial charge in [0.25, 0.3) is 10.0 Å². The first-order chi connectivity index (χ1) is 7.30. The van der Waals surface area contributed by atoms with Gasteiger partial charge in [0.2, 0.25) is 0 Å². The monoisotopic (exact) mass is 362 g/mol. The summed E-state index contributed by atoms with van der Waals surface area (Å²) >= 11 is 4.55. The van der Waals surface area contributed by atoms with Crippen molar-refractivity contribution >= 4 is 49.7 Å². The number of nitrogens with two attached hydrogens (primary N) is 1. The fourth-order valence-electron chi connectivity index (χ4n) is 1.09. The van der Waals surface area contributed by atoms with Gasteiger partial charge >= 0.3 is 0 Å². The van der Waals surface area contributed by atoms with Crippen molar-refractivity contribution in [2.45, 2.75) is 24.1 Å². The minimum atomic E-state index is -3.41. The second kappa shape index (κ2) is 6.49. The Hall–Kier alpha value is 0.340. The van der Waals surface area contributed by atoms with Gasteiger partial charge in [0, 0.05) is 19.6 Å². The van der Waals surface area contributed by atoms with Gasteiger partial charge in [0.05, 0.1) is 3.79 Å². The molecule has 100 valence electrons. The van der Waals surface area contributed by atoms with E-state index in [-0.39, 0.29) is 18.4 Å². The third kappa shape index (κ3) is 3.65. The van der Waals surface area contributed by atoms with E-state index in [1.807, 2.05) is 6.92 Å². The summed E-state index contributed by atoms with van der Waals surface area (Å²) in [5.41, 5.74) is 6.40. The largest absolute Gasteiger partial charge is 0.329 e. The van der Waals surface area contributed by atoms with Gasteiger partial charge < -0.3 is 5.73 Å². The van der Waals surface area contributed by atoms with Crippen molar-refractivity contribution in [2.24, 2.45) is 5.73 Å². The first-order valence-electron chi connectivity index (χ1n) is 4.74. The maximum absolute atomic E-state index is 12.2. The number of sulfonamides is 1. The van der Waals surface area contributed by atoms with Crippen LogP contribution in [0.3, 0.4) is 0 Å². The van der Waals surface area contributed by atoms with Crippen molar-refractivity contribution in [3.05, 3.63) is 15.4 Å². The molecule has 2 N–H and O–H groups in total. The molecule has 1 unspecified atom stereocenters. The summed E-state index contributed by atoms with van der Waals surface area (Å²) < 4.78 is 26.8. The van der Waals surface area contributed by atoms with Gasteiger partial charge in [-0.15, -0.1) is 23.7 Å². The number of halogens is 2. The third-order valence-electron chi connectivity index (χ3n) is 2.43. The molecule has 0 fully saturated rings. The molecule has 0 aliphatic rings. The van der Waals surface area contributed by atoms with E-state index in [4.69, 9.17) is 5.73 Å². The predicted octanol–water partition coefficient (Wildman–Crippen LogP) is 2.21. The number of hydrogen-bond donors (Lipinski definition) is 1. The minimum absolute atomic E-state index is 0. The SMILES string of the molecule is Cc1cc(S(=O)(=O)N(C)C(C)CN)sc1Br.Cl. The highest BCUT2D eigenvalue weighted by molar-refractivity contribution is 9.11. The van der Waals surface area contributed by atoms with Crippen LogP contribution in [0.5, 0.6) is 0 Å². The van der Waals surface area contributed by atoms with Gasteiger partial charge in [-0.2, -0.15) is 4.31 Å². The smallest absolute Gasteiger partial charge is 0.252 e. The number of hydrogen-bond acceptors (Lipinski definition) is 4. The normalized spacial score (nSPS) is 13.5. The molecule has 0 saturated carbocycles. The molecule has 0 aliphatic heterocycles. The maximum Gasteiger partial charge on any atom is 0.252 e. The van der Waals surface area contributed by atoms with Crippen LogP contribution in [0.1, 0.15) is 12.5 Å². The van der Waals surface area contributed by atoms with Crippen LogP contribution in [0.2, 0.25) is 0 Å². The summed E-state index contributed by atoms with van der Waals surface area (Å²) in [5.74, 6) is 0. The second-order valence-electron chi connectivity index (χ2n) is 3.63. The lowest BCUT2D eigenvalue weighted by Crippen LogP contribution is -2.39. The molecule has 1 rings (SSSR count). The lowest BCUT2D eigenvalue weighted by atomic mass is 10.4. The molecule has 17 heavy (non-hydrogen) atoms. The summed E-state index contributed by atoms with van der Waals surface area (Å²) in [4.78, 5) is 0. The summed E-state index contributed by atoms with van der Waals surface area (Å²) in [5, 5.41) is 0. The number of nitrogens with zero attached hydrogens (tertiary/aromatic N) is 1. The number of likely N-dealkylation sites (N-methyl/N-ethyl adjacent to an activating group) is 1. The van der Waals surface area contributed by atoms with E-state index in [1.54, 1.807) is 20.0 Å². The maximum atomic E-state index is 12.2. The molecule has 4 nitrogen and oxygen atoms in total. The zero-order chi connectivity index (χ0) is 12.5. The Morgan fingerprint density at radius 2 is 2.12 bits per heavy atom. The Balaban J connectivity index is 0.00000256. The van der Waals surface area contributed by atoms with Crippen LogP contribution < -0.4 is 5.73 Å². The Morgan fingerprint density at radius 1 is 1.59 bits per heavy atom. The van der Waals surface area contributed by atoms with E-state index in [9.17, 15) is 8.42 Å². The van der Waals surface area contributed by atoms with Crippen LogP contribution in [0.25, 0.3) is 0 Å². The molecule has 0 aliphatic carbocycles. The van der Waals surface area contributed by atoms with Crippen LogP contribution in [0.4, 0.5) is 0 Å². The molecular weight excluding hydrogens is 348 g/mol. The summed E-state index contributed by atoms with van der Waals surface area (Å²) in [6.45, 7) is 3.96.